The number of nitrogens with one attached hydrogen (secondary N) is 1. The molecule has 0 radical (unpaired) electrons. The summed E-state index contributed by atoms with van der Waals surface area (Å²) in [5, 5.41) is 0.0473. The van der Waals surface area contributed by atoms with Crippen LogP contribution in [0.15, 0.2) is 23.1 Å². The lowest BCUT2D eigenvalue weighted by atomic mass is 10.2. The van der Waals surface area contributed by atoms with Crippen LogP contribution in [0, 0.1) is 11.7 Å². The lowest BCUT2D eigenvalue weighted by molar-refractivity contribution is 0.518. The van der Waals surface area contributed by atoms with Gasteiger partial charge in [-0.15, -0.1) is 0 Å². The molecule has 0 amide bonds. The molecule has 18 heavy (non-hydrogen) atoms. The Morgan fingerprint density at radius 3 is 2.61 bits per heavy atom. The third-order valence-corrected chi connectivity index (χ3v) is 4.59. The molecule has 0 aliphatic heterocycles. The second kappa shape index (κ2) is 5.13. The van der Waals surface area contributed by atoms with Crippen molar-refractivity contribution in [1.29, 1.82) is 0 Å². The molecular weight excluding hydrogens is 279 g/mol. The summed E-state index contributed by atoms with van der Waals surface area (Å²) < 4.78 is 39.7. The first-order valence-corrected chi connectivity index (χ1v) is 7.47. The molecule has 1 fully saturated rings. The van der Waals surface area contributed by atoms with Crippen LogP contribution in [-0.4, -0.2) is 21.0 Å². The van der Waals surface area contributed by atoms with Gasteiger partial charge in [0.25, 0.3) is 0 Å². The van der Waals surface area contributed by atoms with Crippen molar-refractivity contribution in [3.05, 3.63) is 29.0 Å². The van der Waals surface area contributed by atoms with E-state index in [9.17, 15) is 12.8 Å². The van der Waals surface area contributed by atoms with Crippen LogP contribution in [0.25, 0.3) is 0 Å². The normalized spacial score (nSPS) is 17.7. The first-order chi connectivity index (χ1) is 8.42. The Hall–Kier alpha value is -0.690. The summed E-state index contributed by atoms with van der Waals surface area (Å²) in [7, 11) is -3.78. The van der Waals surface area contributed by atoms with E-state index in [4.69, 9.17) is 17.3 Å². The average Bonchev–Trinajstić information content (AvgIpc) is 3.08. The SMILES string of the molecule is NCC(NS(=O)(=O)c1cc(F)cc(Cl)c1)C1CC1. The van der Waals surface area contributed by atoms with Crippen molar-refractivity contribution in [3.63, 3.8) is 0 Å². The van der Waals surface area contributed by atoms with Crippen molar-refractivity contribution in [1.82, 2.24) is 4.72 Å². The third-order valence-electron chi connectivity index (χ3n) is 2.90. The summed E-state index contributed by atoms with van der Waals surface area (Å²) in [6.07, 6.45) is 1.93. The van der Waals surface area contributed by atoms with Gasteiger partial charge in [-0.2, -0.15) is 0 Å². The van der Waals surface area contributed by atoms with Crippen LogP contribution in [0.4, 0.5) is 4.39 Å². The van der Waals surface area contributed by atoms with E-state index in [-0.39, 0.29) is 28.4 Å². The van der Waals surface area contributed by atoms with Crippen LogP contribution in [0.5, 0.6) is 0 Å². The molecule has 0 heterocycles. The summed E-state index contributed by atoms with van der Waals surface area (Å²) in [5.41, 5.74) is 5.53. The molecule has 0 saturated heterocycles. The summed E-state index contributed by atoms with van der Waals surface area (Å²) in [6, 6.07) is 2.92. The lowest BCUT2D eigenvalue weighted by Gasteiger charge is -2.16. The quantitative estimate of drug-likeness (QED) is 0.864. The Labute approximate surface area is 110 Å². The first-order valence-electron chi connectivity index (χ1n) is 5.61. The number of benzene rings is 1. The average molecular weight is 293 g/mol. The standard InChI is InChI=1S/C11H14ClFN2O2S/c12-8-3-9(13)5-10(4-8)18(16,17)15-11(6-14)7-1-2-7/h3-5,7,11,15H,1-2,6,14H2. The monoisotopic (exact) mass is 292 g/mol. The zero-order valence-electron chi connectivity index (χ0n) is 9.57. The third kappa shape index (κ3) is 3.20. The molecule has 1 unspecified atom stereocenters. The van der Waals surface area contributed by atoms with Gasteiger partial charge in [0.05, 0.1) is 4.90 Å². The molecule has 1 aromatic rings. The minimum Gasteiger partial charge on any atom is -0.329 e. The maximum absolute atomic E-state index is 13.1. The van der Waals surface area contributed by atoms with Gasteiger partial charge >= 0.3 is 0 Å². The van der Waals surface area contributed by atoms with Crippen molar-refractivity contribution in [2.24, 2.45) is 11.7 Å². The zero-order valence-corrected chi connectivity index (χ0v) is 11.1. The summed E-state index contributed by atoms with van der Waals surface area (Å²) in [6.45, 7) is 0.229. The Bertz CT molecular complexity index is 526. The van der Waals surface area contributed by atoms with Gasteiger partial charge in [-0.1, -0.05) is 11.6 Å². The highest BCUT2D eigenvalue weighted by Gasteiger charge is 2.33. The van der Waals surface area contributed by atoms with Crippen molar-refractivity contribution in [2.75, 3.05) is 6.54 Å². The fraction of sp³-hybridized carbons (Fsp3) is 0.455. The molecule has 1 aromatic carbocycles. The van der Waals surface area contributed by atoms with Gasteiger partial charge in [-0.25, -0.2) is 17.5 Å². The molecule has 3 N–H and O–H groups in total. The van der Waals surface area contributed by atoms with Crippen LogP contribution in [0.3, 0.4) is 0 Å². The molecule has 2 rings (SSSR count). The van der Waals surface area contributed by atoms with E-state index in [1.807, 2.05) is 0 Å². The van der Waals surface area contributed by atoms with E-state index in [0.29, 0.717) is 0 Å². The first kappa shape index (κ1) is 13.7. The number of halogens is 2. The highest BCUT2D eigenvalue weighted by Crippen LogP contribution is 2.33. The van der Waals surface area contributed by atoms with E-state index < -0.39 is 15.8 Å². The van der Waals surface area contributed by atoms with E-state index in [0.717, 1.165) is 25.0 Å². The van der Waals surface area contributed by atoms with Crippen LogP contribution in [-0.2, 0) is 10.0 Å². The van der Waals surface area contributed by atoms with Crippen molar-refractivity contribution >= 4 is 21.6 Å². The molecule has 1 atom stereocenters. The number of rotatable bonds is 5. The van der Waals surface area contributed by atoms with Gasteiger partial charge in [-0.3, -0.25) is 0 Å². The van der Waals surface area contributed by atoms with Crippen LogP contribution in [0.2, 0.25) is 5.02 Å². The maximum atomic E-state index is 13.1. The fourth-order valence-electron chi connectivity index (χ4n) is 1.79. The summed E-state index contributed by atoms with van der Waals surface area (Å²) >= 11 is 5.64. The highest BCUT2D eigenvalue weighted by molar-refractivity contribution is 7.89. The van der Waals surface area contributed by atoms with Crippen LogP contribution < -0.4 is 10.5 Å². The largest absolute Gasteiger partial charge is 0.329 e. The molecule has 4 nitrogen and oxygen atoms in total. The zero-order chi connectivity index (χ0) is 13.3. The topological polar surface area (TPSA) is 72.2 Å². The van der Waals surface area contributed by atoms with Crippen molar-refractivity contribution in [2.45, 2.75) is 23.8 Å². The second-order valence-corrected chi connectivity index (χ2v) is 6.56. The minimum atomic E-state index is -3.78. The van der Waals surface area contributed by atoms with Crippen LogP contribution in [0.1, 0.15) is 12.8 Å². The second-order valence-electron chi connectivity index (χ2n) is 4.41. The number of hydrogen-bond acceptors (Lipinski definition) is 3. The molecule has 0 bridgehead atoms. The number of nitrogens with two attached hydrogens (primary N) is 1. The smallest absolute Gasteiger partial charge is 0.241 e. The predicted molar refractivity (Wildman–Crippen MR) is 67.3 cm³/mol. The summed E-state index contributed by atoms with van der Waals surface area (Å²) in [4.78, 5) is -0.174. The molecule has 7 heteroatoms. The molecule has 1 aliphatic carbocycles. The van der Waals surface area contributed by atoms with Crippen LogP contribution >= 0.6 is 11.6 Å². The number of hydrogen-bond donors (Lipinski definition) is 2. The molecule has 100 valence electrons. The Balaban J connectivity index is 2.23. The van der Waals surface area contributed by atoms with E-state index in [1.165, 1.54) is 6.07 Å². The molecule has 0 aromatic heterocycles. The Morgan fingerprint density at radius 1 is 1.44 bits per heavy atom. The lowest BCUT2D eigenvalue weighted by Crippen LogP contribution is -2.41. The molecule has 1 saturated carbocycles. The van der Waals surface area contributed by atoms with E-state index in [2.05, 4.69) is 4.72 Å². The maximum Gasteiger partial charge on any atom is 0.241 e. The highest BCUT2D eigenvalue weighted by atomic mass is 35.5. The number of sulfonamides is 1. The van der Waals surface area contributed by atoms with Crippen molar-refractivity contribution < 1.29 is 12.8 Å². The Morgan fingerprint density at radius 2 is 2.11 bits per heavy atom. The minimum absolute atomic E-state index is 0.0473. The fourth-order valence-corrected chi connectivity index (χ4v) is 3.45. The van der Waals surface area contributed by atoms with Gasteiger partial charge in [0.15, 0.2) is 0 Å². The van der Waals surface area contributed by atoms with Gasteiger partial charge in [0, 0.05) is 17.6 Å². The van der Waals surface area contributed by atoms with E-state index >= 15 is 0 Å². The van der Waals surface area contributed by atoms with Gasteiger partial charge in [0.2, 0.25) is 10.0 Å². The van der Waals surface area contributed by atoms with Gasteiger partial charge in [-0.05, 0) is 37.0 Å². The Kier molecular flexibility index (Phi) is 3.91. The molecular formula is C11H14ClFN2O2S. The van der Waals surface area contributed by atoms with E-state index in [1.54, 1.807) is 0 Å². The van der Waals surface area contributed by atoms with Crippen molar-refractivity contribution in [3.8, 4) is 0 Å². The molecule has 0 spiro atoms. The predicted octanol–water partition coefficient (Wildman–Crippen LogP) is 1.49. The molecule has 1 aliphatic rings. The van der Waals surface area contributed by atoms with Gasteiger partial charge < -0.3 is 5.73 Å². The van der Waals surface area contributed by atoms with Gasteiger partial charge in [0.1, 0.15) is 5.82 Å². The summed E-state index contributed by atoms with van der Waals surface area (Å²) in [5.74, 6) is -0.396.